The summed E-state index contributed by atoms with van der Waals surface area (Å²) in [6.07, 6.45) is 2.40. The number of piperazine rings is 1. The first kappa shape index (κ1) is 14.5. The van der Waals surface area contributed by atoms with E-state index < -0.39 is 0 Å². The minimum atomic E-state index is 0.252. The third kappa shape index (κ3) is 3.80. The molecule has 0 radical (unpaired) electrons. The van der Waals surface area contributed by atoms with Crippen molar-refractivity contribution < 1.29 is 0 Å². The summed E-state index contributed by atoms with van der Waals surface area (Å²) >= 11 is 5.40. The van der Waals surface area contributed by atoms with Crippen LogP contribution in [-0.4, -0.2) is 36.1 Å². The quantitative estimate of drug-likeness (QED) is 0.908. The second-order valence-electron chi connectivity index (χ2n) is 5.75. The Morgan fingerprint density at radius 1 is 1.50 bits per heavy atom. The molecule has 2 rings (SSSR count). The number of hydrogen-bond acceptors (Lipinski definition) is 3. The van der Waals surface area contributed by atoms with E-state index in [9.17, 15) is 0 Å². The molecule has 0 aliphatic carbocycles. The van der Waals surface area contributed by atoms with Crippen molar-refractivity contribution in [2.75, 3.05) is 19.6 Å². The van der Waals surface area contributed by atoms with Gasteiger partial charge in [0.05, 0.1) is 3.79 Å². The molecule has 2 nitrogen and oxygen atoms in total. The zero-order valence-electron chi connectivity index (χ0n) is 11.5. The van der Waals surface area contributed by atoms with Gasteiger partial charge in [0.1, 0.15) is 0 Å². The van der Waals surface area contributed by atoms with Gasteiger partial charge < -0.3 is 5.32 Å². The lowest BCUT2D eigenvalue weighted by Crippen LogP contribution is -2.61. The molecule has 1 aliphatic heterocycles. The third-order valence-corrected chi connectivity index (χ3v) is 5.36. The number of hydrogen-bond donors (Lipinski definition) is 1. The van der Waals surface area contributed by atoms with Crippen LogP contribution < -0.4 is 5.32 Å². The first-order valence-electron chi connectivity index (χ1n) is 6.73. The molecule has 1 aromatic heterocycles. The van der Waals surface area contributed by atoms with Gasteiger partial charge in [0.2, 0.25) is 0 Å². The highest BCUT2D eigenvalue weighted by Gasteiger charge is 2.31. The largest absolute Gasteiger partial charge is 0.309 e. The maximum Gasteiger partial charge on any atom is 0.0701 e. The van der Waals surface area contributed by atoms with Crippen molar-refractivity contribution in [1.82, 2.24) is 10.2 Å². The summed E-state index contributed by atoms with van der Waals surface area (Å²) in [7, 11) is 0. The number of rotatable bonds is 4. The molecule has 0 bridgehead atoms. The molecule has 1 unspecified atom stereocenters. The van der Waals surface area contributed by atoms with E-state index in [4.69, 9.17) is 0 Å². The molecule has 0 aromatic carbocycles. The van der Waals surface area contributed by atoms with Gasteiger partial charge in [0, 0.05) is 36.1 Å². The summed E-state index contributed by atoms with van der Waals surface area (Å²) < 4.78 is 1.24. The smallest absolute Gasteiger partial charge is 0.0701 e. The molecule has 18 heavy (non-hydrogen) atoms. The van der Waals surface area contributed by atoms with E-state index >= 15 is 0 Å². The zero-order valence-corrected chi connectivity index (χ0v) is 13.9. The average molecular weight is 331 g/mol. The SMILES string of the molecule is CCC1CNC(C)(C)CN1CCc1ccc(Br)s1. The van der Waals surface area contributed by atoms with Crippen molar-refractivity contribution >= 4 is 27.3 Å². The lowest BCUT2D eigenvalue weighted by molar-refractivity contribution is 0.0941. The topological polar surface area (TPSA) is 15.3 Å². The molecule has 1 N–H and O–H groups in total. The number of thiophene rings is 1. The van der Waals surface area contributed by atoms with Crippen LogP contribution in [0.15, 0.2) is 15.9 Å². The fraction of sp³-hybridized carbons (Fsp3) is 0.714. The maximum atomic E-state index is 3.65. The fourth-order valence-corrected chi connectivity index (χ4v) is 4.09. The molecule has 1 atom stereocenters. The maximum absolute atomic E-state index is 3.65. The molecule has 102 valence electrons. The molecule has 1 fully saturated rings. The van der Waals surface area contributed by atoms with Crippen molar-refractivity contribution in [1.29, 1.82) is 0 Å². The molecule has 1 aromatic rings. The van der Waals surface area contributed by atoms with E-state index in [1.807, 2.05) is 11.3 Å². The van der Waals surface area contributed by atoms with Crippen molar-refractivity contribution in [2.24, 2.45) is 0 Å². The van der Waals surface area contributed by atoms with Gasteiger partial charge in [-0.3, -0.25) is 4.90 Å². The van der Waals surface area contributed by atoms with Gasteiger partial charge in [-0.15, -0.1) is 11.3 Å². The Kier molecular flexibility index (Phi) is 4.86. The molecule has 2 heterocycles. The Bertz CT molecular complexity index is 389. The summed E-state index contributed by atoms with van der Waals surface area (Å²) in [5, 5.41) is 3.65. The molecule has 1 saturated heterocycles. The van der Waals surface area contributed by atoms with E-state index in [2.05, 4.69) is 59.1 Å². The van der Waals surface area contributed by atoms with Crippen LogP contribution in [0, 0.1) is 0 Å². The van der Waals surface area contributed by atoms with E-state index in [1.165, 1.54) is 28.0 Å². The number of halogens is 1. The lowest BCUT2D eigenvalue weighted by Gasteiger charge is -2.44. The van der Waals surface area contributed by atoms with Gasteiger partial charge in [-0.2, -0.15) is 0 Å². The first-order chi connectivity index (χ1) is 8.50. The van der Waals surface area contributed by atoms with Gasteiger partial charge in [-0.25, -0.2) is 0 Å². The number of nitrogens with one attached hydrogen (secondary N) is 1. The predicted octanol–water partition coefficient (Wildman–Crippen LogP) is 3.52. The average Bonchev–Trinajstić information content (AvgIpc) is 2.72. The molecule has 0 saturated carbocycles. The Labute approximate surface area is 123 Å². The molecule has 4 heteroatoms. The highest BCUT2D eigenvalue weighted by Crippen LogP contribution is 2.24. The van der Waals surface area contributed by atoms with Crippen LogP contribution in [0.5, 0.6) is 0 Å². The Hall–Kier alpha value is 0.1000. The van der Waals surface area contributed by atoms with Gasteiger partial charge >= 0.3 is 0 Å². The van der Waals surface area contributed by atoms with Gasteiger partial charge in [0.25, 0.3) is 0 Å². The monoisotopic (exact) mass is 330 g/mol. The van der Waals surface area contributed by atoms with Crippen LogP contribution in [0.4, 0.5) is 0 Å². The molecule has 1 aliphatic rings. The van der Waals surface area contributed by atoms with E-state index in [0.29, 0.717) is 6.04 Å². The molecular formula is C14H23BrN2S. The molecular weight excluding hydrogens is 308 g/mol. The molecule has 0 spiro atoms. The van der Waals surface area contributed by atoms with Gasteiger partial charge in [-0.1, -0.05) is 6.92 Å². The van der Waals surface area contributed by atoms with Crippen LogP contribution in [0.3, 0.4) is 0 Å². The standard InChI is InChI=1S/C14H23BrN2S/c1-4-11-9-16-14(2,3)10-17(11)8-7-12-5-6-13(15)18-12/h5-6,11,16H,4,7-10H2,1-3H3. The molecule has 0 amide bonds. The van der Waals surface area contributed by atoms with E-state index in [-0.39, 0.29) is 5.54 Å². The van der Waals surface area contributed by atoms with Crippen LogP contribution in [0.2, 0.25) is 0 Å². The summed E-state index contributed by atoms with van der Waals surface area (Å²) in [6, 6.07) is 5.09. The van der Waals surface area contributed by atoms with Crippen molar-refractivity contribution in [2.45, 2.75) is 45.2 Å². The Morgan fingerprint density at radius 3 is 2.89 bits per heavy atom. The van der Waals surface area contributed by atoms with Crippen molar-refractivity contribution in [3.8, 4) is 0 Å². The van der Waals surface area contributed by atoms with Crippen LogP contribution in [-0.2, 0) is 6.42 Å². The first-order valence-corrected chi connectivity index (χ1v) is 8.34. The summed E-state index contributed by atoms with van der Waals surface area (Å²) in [6.45, 7) is 10.3. The van der Waals surface area contributed by atoms with Gasteiger partial charge in [0.15, 0.2) is 0 Å². The normalized spacial score (nSPS) is 24.3. The summed E-state index contributed by atoms with van der Waals surface area (Å²) in [5.74, 6) is 0. The van der Waals surface area contributed by atoms with Gasteiger partial charge in [-0.05, 0) is 54.8 Å². The van der Waals surface area contributed by atoms with E-state index in [0.717, 1.165) is 13.1 Å². The summed E-state index contributed by atoms with van der Waals surface area (Å²) in [5.41, 5.74) is 0.252. The fourth-order valence-electron chi connectivity index (χ4n) is 2.62. The Balaban J connectivity index is 1.92. The zero-order chi connectivity index (χ0) is 13.2. The highest BCUT2D eigenvalue weighted by molar-refractivity contribution is 9.11. The second-order valence-corrected chi connectivity index (χ2v) is 8.30. The van der Waals surface area contributed by atoms with E-state index in [1.54, 1.807) is 0 Å². The van der Waals surface area contributed by atoms with Crippen molar-refractivity contribution in [3.63, 3.8) is 0 Å². The minimum absolute atomic E-state index is 0.252. The third-order valence-electron chi connectivity index (χ3n) is 3.68. The highest BCUT2D eigenvalue weighted by atomic mass is 79.9. The minimum Gasteiger partial charge on any atom is -0.309 e. The van der Waals surface area contributed by atoms with Crippen LogP contribution in [0.25, 0.3) is 0 Å². The lowest BCUT2D eigenvalue weighted by atomic mass is 9.97. The van der Waals surface area contributed by atoms with Crippen LogP contribution >= 0.6 is 27.3 Å². The number of nitrogens with zero attached hydrogens (tertiary/aromatic N) is 1. The predicted molar refractivity (Wildman–Crippen MR) is 83.5 cm³/mol. The summed E-state index contributed by atoms with van der Waals surface area (Å²) in [4.78, 5) is 4.14. The van der Waals surface area contributed by atoms with Crippen LogP contribution in [0.1, 0.15) is 32.1 Å². The van der Waals surface area contributed by atoms with Crippen molar-refractivity contribution in [3.05, 3.63) is 20.8 Å². The second kappa shape index (κ2) is 6.04. The Morgan fingerprint density at radius 2 is 2.28 bits per heavy atom.